The van der Waals surface area contributed by atoms with Crippen molar-refractivity contribution in [3.8, 4) is 45.9 Å². The third-order valence-electron chi connectivity index (χ3n) is 15.6. The first kappa shape index (κ1) is 70.7. The van der Waals surface area contributed by atoms with Crippen molar-refractivity contribution in [3.05, 3.63) is 225 Å². The number of non-ortho nitro benzene ring substituents is 2. The van der Waals surface area contributed by atoms with E-state index >= 15 is 9.59 Å². The summed E-state index contributed by atoms with van der Waals surface area (Å²) in [6.45, 7) is 7.12. The molecule has 0 aromatic heterocycles. The zero-order chi connectivity index (χ0) is 69.1. The lowest BCUT2D eigenvalue weighted by Gasteiger charge is -2.33. The number of esters is 4. The lowest BCUT2D eigenvalue weighted by molar-refractivity contribution is -0.385. The molecule has 0 saturated heterocycles. The van der Waals surface area contributed by atoms with Gasteiger partial charge in [0, 0.05) is 48.7 Å². The lowest BCUT2D eigenvalue weighted by atomic mass is 9.73. The van der Waals surface area contributed by atoms with Crippen molar-refractivity contribution in [2.45, 2.75) is 40.5 Å². The van der Waals surface area contributed by atoms with Gasteiger partial charge in [0.15, 0.2) is 5.41 Å². The molecule has 0 heterocycles. The molecule has 8 rings (SSSR count). The molecule has 0 aliphatic carbocycles. The maximum atomic E-state index is 15.0. The fourth-order valence-electron chi connectivity index (χ4n) is 10.2. The van der Waals surface area contributed by atoms with Gasteiger partial charge in [0.05, 0.1) is 80.8 Å². The first-order chi connectivity index (χ1) is 47.0. The van der Waals surface area contributed by atoms with Crippen LogP contribution < -0.4 is 19.3 Å². The van der Waals surface area contributed by atoms with Gasteiger partial charge in [0.1, 0.15) is 51.1 Å². The van der Waals surface area contributed by atoms with Crippen LogP contribution in [0, 0.1) is 60.1 Å². The molecule has 496 valence electrons. The van der Waals surface area contributed by atoms with E-state index in [1.165, 1.54) is 62.4 Å². The molecule has 97 heavy (non-hydrogen) atoms. The smallest absolute Gasteiger partial charge is 0.323 e. The minimum Gasteiger partial charge on any atom is -0.490 e. The molecule has 24 nitrogen and oxygen atoms in total. The number of ether oxygens (including phenoxy) is 6. The Morgan fingerprint density at radius 1 is 0.433 bits per heavy atom. The quantitative estimate of drug-likeness (QED) is 0.00688. The van der Waals surface area contributed by atoms with Gasteiger partial charge in [-0.25, -0.2) is 0 Å². The van der Waals surface area contributed by atoms with Crippen LogP contribution in [0.25, 0.3) is 22.3 Å². The van der Waals surface area contributed by atoms with Crippen LogP contribution in [0.3, 0.4) is 0 Å². The Labute approximate surface area is 560 Å². The molecular weight excluding hydrogens is 1240 g/mol. The van der Waals surface area contributed by atoms with Crippen LogP contribution in [0.1, 0.15) is 51.7 Å². The fraction of sp³-hybridized carbons (Fsp3) is 0.260. The zero-order valence-corrected chi connectivity index (χ0v) is 53.8. The normalized spacial score (nSPS) is 11.7. The maximum absolute atomic E-state index is 15.0. The molecule has 0 aliphatic heterocycles. The van der Waals surface area contributed by atoms with Gasteiger partial charge in [0.2, 0.25) is 0 Å². The SMILES string of the molecule is CCN(CCOC(=O)C(C)CC(CC(C)C(=O)OCCN(CC)c1ccc(N=Nc2ccc([N+](=O)[O-])cc2)cc1)(C(=O)OCCOc1ccc(-c2ccc(C#N)cc2)cc1)C(=O)OCCOc1ccc(-c2ccc(C#N)cc2)cc1)c1ccc(N=Nc2ccc([N+](=O)[O-])cc2)cc1. The first-order valence-corrected chi connectivity index (χ1v) is 31.1. The van der Waals surface area contributed by atoms with Gasteiger partial charge >= 0.3 is 23.9 Å². The standard InChI is InChI=1S/C73H70N10O14/c1-5-80(63-27-19-59(20-28-63)76-78-61-23-31-65(32-24-61)82(88)89)39-41-94-69(84)51(3)47-73(71(86)96-45-43-92-67-35-15-57(16-36-67)55-11-7-53(49-74)8-12-55,72(87)97-46-44-93-68-37-17-58(18-38-68)56-13-9-54(50-75)10-14-56)48-52(4)70(85)95-42-40-81(6-2)64-29-21-60(22-30-64)77-79-62-25-33-66(34-26-62)83(90)91/h7-38,51-52H,5-6,39-48H2,1-4H3. The Kier molecular flexibility index (Phi) is 25.6. The number of nitrogens with zero attached hydrogens (tertiary/aromatic N) is 10. The third-order valence-corrected chi connectivity index (χ3v) is 15.6. The number of carbonyl (C=O) groups excluding carboxylic acids is 4. The molecule has 0 bridgehead atoms. The molecule has 0 spiro atoms. The van der Waals surface area contributed by atoms with E-state index in [1.807, 2.05) is 96.4 Å². The maximum Gasteiger partial charge on any atom is 0.323 e. The molecule has 8 aromatic carbocycles. The van der Waals surface area contributed by atoms with Gasteiger partial charge in [-0.1, -0.05) is 62.4 Å². The van der Waals surface area contributed by atoms with Crippen LogP contribution in [-0.2, 0) is 38.1 Å². The molecule has 0 aliphatic rings. The number of nitro benzene ring substituents is 2. The van der Waals surface area contributed by atoms with Gasteiger partial charge in [-0.15, -0.1) is 0 Å². The van der Waals surface area contributed by atoms with Crippen molar-refractivity contribution >= 4 is 69.4 Å². The highest BCUT2D eigenvalue weighted by atomic mass is 16.6. The summed E-state index contributed by atoms with van der Waals surface area (Å²) in [6, 6.07) is 58.3. The number of hydrogen-bond acceptors (Lipinski definition) is 22. The first-order valence-electron chi connectivity index (χ1n) is 31.1. The molecule has 24 heteroatoms. The highest BCUT2D eigenvalue weighted by Gasteiger charge is 2.52. The average Bonchev–Trinajstić information content (AvgIpc) is 0.812. The predicted molar refractivity (Wildman–Crippen MR) is 361 cm³/mol. The molecule has 2 atom stereocenters. The van der Waals surface area contributed by atoms with Crippen molar-refractivity contribution in [3.63, 3.8) is 0 Å². The van der Waals surface area contributed by atoms with Crippen LogP contribution in [0.5, 0.6) is 11.5 Å². The van der Waals surface area contributed by atoms with Crippen LogP contribution in [0.4, 0.5) is 45.5 Å². The largest absolute Gasteiger partial charge is 0.490 e. The summed E-state index contributed by atoms with van der Waals surface area (Å²) in [5, 5.41) is 57.5. The van der Waals surface area contributed by atoms with Gasteiger partial charge in [-0.3, -0.25) is 39.4 Å². The Balaban J connectivity index is 0.973. The highest BCUT2D eigenvalue weighted by molar-refractivity contribution is 6.01. The number of carbonyl (C=O) groups is 4. The summed E-state index contributed by atoms with van der Waals surface area (Å²) < 4.78 is 35.5. The average molecular weight is 1310 g/mol. The molecule has 0 N–H and O–H groups in total. The number of rotatable bonds is 34. The zero-order valence-electron chi connectivity index (χ0n) is 53.8. The van der Waals surface area contributed by atoms with E-state index in [0.29, 0.717) is 58.5 Å². The minimum atomic E-state index is -2.32. The molecular formula is C73H70N10O14. The highest BCUT2D eigenvalue weighted by Crippen LogP contribution is 2.39. The summed E-state index contributed by atoms with van der Waals surface area (Å²) in [5.74, 6) is -5.11. The number of hydrogen-bond donors (Lipinski definition) is 0. The Hall–Kier alpha value is -12.2. The van der Waals surface area contributed by atoms with E-state index in [4.69, 9.17) is 28.4 Å². The number of nitriles is 2. The van der Waals surface area contributed by atoms with E-state index in [-0.39, 0.29) is 64.1 Å². The Morgan fingerprint density at radius 3 is 1.02 bits per heavy atom. The lowest BCUT2D eigenvalue weighted by Crippen LogP contribution is -2.47. The van der Waals surface area contributed by atoms with E-state index in [1.54, 1.807) is 72.8 Å². The second-order valence-electron chi connectivity index (χ2n) is 22.2. The second kappa shape index (κ2) is 35.2. The summed E-state index contributed by atoms with van der Waals surface area (Å²) >= 11 is 0. The number of benzene rings is 8. The van der Waals surface area contributed by atoms with Gasteiger partial charge < -0.3 is 38.2 Å². The van der Waals surface area contributed by atoms with E-state index < -0.39 is 63.8 Å². The van der Waals surface area contributed by atoms with Crippen molar-refractivity contribution in [2.75, 3.05) is 75.6 Å². The summed E-state index contributed by atoms with van der Waals surface area (Å²) in [6.07, 6.45) is -1.03. The van der Waals surface area contributed by atoms with Crippen molar-refractivity contribution in [1.29, 1.82) is 10.5 Å². The van der Waals surface area contributed by atoms with Gasteiger partial charge in [0.25, 0.3) is 11.4 Å². The van der Waals surface area contributed by atoms with E-state index in [9.17, 15) is 40.3 Å². The molecule has 0 radical (unpaired) electrons. The molecule has 0 saturated carbocycles. The Morgan fingerprint density at radius 2 is 0.732 bits per heavy atom. The molecule has 0 fully saturated rings. The number of nitro groups is 2. The molecule has 0 amide bonds. The minimum absolute atomic E-state index is 0.0676. The van der Waals surface area contributed by atoms with Gasteiger partial charge in [-0.2, -0.15) is 31.0 Å². The van der Waals surface area contributed by atoms with Crippen molar-refractivity contribution < 1.29 is 57.4 Å². The molecule has 2 unspecified atom stereocenters. The fourth-order valence-corrected chi connectivity index (χ4v) is 10.2. The predicted octanol–water partition coefficient (Wildman–Crippen LogP) is 15.1. The number of azo groups is 2. The number of anilines is 2. The summed E-state index contributed by atoms with van der Waals surface area (Å²) in [4.78, 5) is 83.5. The van der Waals surface area contributed by atoms with Gasteiger partial charge in [-0.05, 0) is 170 Å². The van der Waals surface area contributed by atoms with E-state index in [2.05, 4.69) is 32.6 Å². The van der Waals surface area contributed by atoms with Crippen LogP contribution >= 0.6 is 0 Å². The monoisotopic (exact) mass is 1310 g/mol. The third kappa shape index (κ3) is 20.4. The summed E-state index contributed by atoms with van der Waals surface area (Å²) in [7, 11) is 0. The topological polar surface area (TPSA) is 313 Å². The molecule has 8 aromatic rings. The van der Waals surface area contributed by atoms with Crippen molar-refractivity contribution in [2.24, 2.45) is 37.7 Å². The summed E-state index contributed by atoms with van der Waals surface area (Å²) in [5.41, 5.74) is 5.55. The van der Waals surface area contributed by atoms with Crippen LogP contribution in [0.2, 0.25) is 0 Å². The second-order valence-corrected chi connectivity index (χ2v) is 22.2. The van der Waals surface area contributed by atoms with Crippen LogP contribution in [0.15, 0.2) is 215 Å². The van der Waals surface area contributed by atoms with E-state index in [0.717, 1.165) is 33.6 Å². The van der Waals surface area contributed by atoms with Crippen molar-refractivity contribution in [1.82, 2.24) is 0 Å². The Bertz CT molecular complexity index is 3840. The number of likely N-dealkylation sites (N-methyl/N-ethyl adjacent to an activating group) is 2. The van der Waals surface area contributed by atoms with Crippen LogP contribution in [-0.4, -0.2) is 99.5 Å².